The van der Waals surface area contributed by atoms with Crippen LogP contribution in [-0.2, 0) is 6.54 Å². The molecule has 0 unspecified atom stereocenters. The van der Waals surface area contributed by atoms with Crippen molar-refractivity contribution >= 4 is 5.78 Å². The monoisotopic (exact) mass is 243 g/mol. The van der Waals surface area contributed by atoms with Gasteiger partial charge in [-0.2, -0.15) is 0 Å². The van der Waals surface area contributed by atoms with E-state index in [2.05, 4.69) is 0 Å². The zero-order valence-corrected chi connectivity index (χ0v) is 10.00. The summed E-state index contributed by atoms with van der Waals surface area (Å²) in [6, 6.07) is 9.81. The van der Waals surface area contributed by atoms with E-state index in [1.807, 2.05) is 0 Å². The minimum absolute atomic E-state index is 0.0127. The first-order valence-electron chi connectivity index (χ1n) is 5.52. The number of ether oxygens (including phenoxy) is 1. The topological polar surface area (TPSA) is 48.3 Å². The molecule has 0 aliphatic carbocycles. The molecule has 0 aliphatic rings. The Bertz CT molecular complexity index is 579. The lowest BCUT2D eigenvalue weighted by Crippen LogP contribution is -2.12. The molecule has 18 heavy (non-hydrogen) atoms. The van der Waals surface area contributed by atoms with Gasteiger partial charge in [0.2, 0.25) is 0 Å². The van der Waals surface area contributed by atoms with Gasteiger partial charge in [-0.15, -0.1) is 0 Å². The van der Waals surface area contributed by atoms with Gasteiger partial charge in [-0.1, -0.05) is 0 Å². The molecule has 0 fully saturated rings. The van der Waals surface area contributed by atoms with Gasteiger partial charge in [-0.3, -0.25) is 9.59 Å². The molecule has 0 spiro atoms. The maximum atomic E-state index is 12.0. The molecule has 0 atom stereocenters. The molecular weight excluding hydrogens is 230 g/mol. The fraction of sp³-hybridized carbons (Fsp3) is 0.143. The third-order valence-corrected chi connectivity index (χ3v) is 2.60. The number of carbonyl (C=O) groups is 1. The molecule has 0 amide bonds. The largest absolute Gasteiger partial charge is 0.497 e. The summed E-state index contributed by atoms with van der Waals surface area (Å²) in [6.07, 6.45) is 3.20. The van der Waals surface area contributed by atoms with Gasteiger partial charge in [0.1, 0.15) is 5.75 Å². The second kappa shape index (κ2) is 5.31. The van der Waals surface area contributed by atoms with Gasteiger partial charge in [0.25, 0.3) is 0 Å². The fourth-order valence-corrected chi connectivity index (χ4v) is 1.58. The highest BCUT2D eigenvalue weighted by molar-refractivity contribution is 5.95. The zero-order valence-electron chi connectivity index (χ0n) is 10.00. The number of hydrogen-bond donors (Lipinski definition) is 0. The Morgan fingerprint density at radius 3 is 2.28 bits per heavy atom. The maximum absolute atomic E-state index is 12.0. The Labute approximate surface area is 104 Å². The molecule has 92 valence electrons. The summed E-state index contributed by atoms with van der Waals surface area (Å²) < 4.78 is 6.70. The molecule has 1 aromatic carbocycles. The van der Waals surface area contributed by atoms with Gasteiger partial charge in [-0.25, -0.2) is 0 Å². The number of pyridine rings is 1. The lowest BCUT2D eigenvalue weighted by molar-refractivity contribution is 0.0972. The van der Waals surface area contributed by atoms with E-state index >= 15 is 0 Å². The molecule has 2 rings (SSSR count). The van der Waals surface area contributed by atoms with E-state index in [9.17, 15) is 9.59 Å². The molecular formula is C14H13NO3. The summed E-state index contributed by atoms with van der Waals surface area (Å²) in [5.41, 5.74) is 0.553. The van der Waals surface area contributed by atoms with Crippen LogP contribution in [0.2, 0.25) is 0 Å². The Morgan fingerprint density at radius 1 is 1.11 bits per heavy atom. The Balaban J connectivity index is 2.11. The highest BCUT2D eigenvalue weighted by Crippen LogP contribution is 2.12. The standard InChI is InChI=1S/C14H13NO3/c1-18-13-4-2-11(3-5-13)14(17)10-15-8-6-12(16)7-9-15/h2-9H,10H2,1H3. The van der Waals surface area contributed by atoms with E-state index in [-0.39, 0.29) is 17.8 Å². The minimum Gasteiger partial charge on any atom is -0.497 e. The second-order valence-corrected chi connectivity index (χ2v) is 3.86. The number of carbonyl (C=O) groups excluding carboxylic acids is 1. The van der Waals surface area contributed by atoms with E-state index in [1.165, 1.54) is 12.1 Å². The van der Waals surface area contributed by atoms with Crippen LogP contribution in [-0.4, -0.2) is 17.5 Å². The number of hydrogen-bond acceptors (Lipinski definition) is 3. The smallest absolute Gasteiger partial charge is 0.182 e. The highest BCUT2D eigenvalue weighted by Gasteiger charge is 2.05. The van der Waals surface area contributed by atoms with Crippen molar-refractivity contribution in [3.8, 4) is 5.75 Å². The van der Waals surface area contributed by atoms with Crippen LogP contribution >= 0.6 is 0 Å². The summed E-state index contributed by atoms with van der Waals surface area (Å²) in [4.78, 5) is 22.9. The average Bonchev–Trinajstić information content (AvgIpc) is 2.41. The molecule has 1 heterocycles. The van der Waals surface area contributed by atoms with E-state index < -0.39 is 0 Å². The van der Waals surface area contributed by atoms with Crippen LogP contribution < -0.4 is 10.2 Å². The molecule has 0 aliphatic heterocycles. The lowest BCUT2D eigenvalue weighted by Gasteiger charge is -2.05. The summed E-state index contributed by atoms with van der Waals surface area (Å²) >= 11 is 0. The van der Waals surface area contributed by atoms with Crippen LogP contribution in [0.3, 0.4) is 0 Å². The summed E-state index contributed by atoms with van der Waals surface area (Å²) in [6.45, 7) is 0.215. The summed E-state index contributed by atoms with van der Waals surface area (Å²) in [5.74, 6) is 0.705. The van der Waals surface area contributed by atoms with Crippen molar-refractivity contribution in [1.82, 2.24) is 4.57 Å². The van der Waals surface area contributed by atoms with Crippen molar-refractivity contribution in [2.24, 2.45) is 0 Å². The van der Waals surface area contributed by atoms with E-state index in [1.54, 1.807) is 48.3 Å². The van der Waals surface area contributed by atoms with Gasteiger partial charge >= 0.3 is 0 Å². The van der Waals surface area contributed by atoms with Crippen molar-refractivity contribution in [3.63, 3.8) is 0 Å². The minimum atomic E-state index is -0.0665. The number of nitrogens with zero attached hydrogens (tertiary/aromatic N) is 1. The Morgan fingerprint density at radius 2 is 1.72 bits per heavy atom. The summed E-state index contributed by atoms with van der Waals surface area (Å²) in [5, 5.41) is 0. The number of benzene rings is 1. The second-order valence-electron chi connectivity index (χ2n) is 3.86. The number of ketones is 1. The first-order chi connectivity index (χ1) is 8.69. The van der Waals surface area contributed by atoms with Crippen molar-refractivity contribution in [3.05, 3.63) is 64.6 Å². The summed E-state index contributed by atoms with van der Waals surface area (Å²) in [7, 11) is 1.58. The molecule has 0 saturated heterocycles. The van der Waals surface area contributed by atoms with Gasteiger partial charge < -0.3 is 9.30 Å². The number of rotatable bonds is 4. The van der Waals surface area contributed by atoms with Gasteiger partial charge in [0.15, 0.2) is 11.2 Å². The van der Waals surface area contributed by atoms with Crippen LogP contribution in [0, 0.1) is 0 Å². The van der Waals surface area contributed by atoms with E-state index in [0.29, 0.717) is 5.56 Å². The van der Waals surface area contributed by atoms with Crippen molar-refractivity contribution in [2.75, 3.05) is 7.11 Å². The molecule has 1 aromatic heterocycles. The predicted octanol–water partition coefficient (Wildman–Crippen LogP) is 1.74. The first kappa shape index (κ1) is 12.1. The third kappa shape index (κ3) is 2.85. The van der Waals surface area contributed by atoms with Crippen LogP contribution in [0.4, 0.5) is 0 Å². The molecule has 4 nitrogen and oxygen atoms in total. The van der Waals surface area contributed by atoms with E-state index in [0.717, 1.165) is 5.75 Å². The highest BCUT2D eigenvalue weighted by atomic mass is 16.5. The van der Waals surface area contributed by atoms with Gasteiger partial charge in [-0.05, 0) is 24.3 Å². The average molecular weight is 243 g/mol. The predicted molar refractivity (Wildman–Crippen MR) is 68.0 cm³/mol. The Kier molecular flexibility index (Phi) is 3.57. The van der Waals surface area contributed by atoms with Crippen LogP contribution in [0.25, 0.3) is 0 Å². The van der Waals surface area contributed by atoms with Crippen molar-refractivity contribution < 1.29 is 9.53 Å². The van der Waals surface area contributed by atoms with Gasteiger partial charge in [0.05, 0.1) is 13.7 Å². The molecule has 0 saturated carbocycles. The quantitative estimate of drug-likeness (QED) is 0.768. The normalized spacial score (nSPS) is 10.1. The van der Waals surface area contributed by atoms with Gasteiger partial charge in [0, 0.05) is 30.1 Å². The molecule has 0 bridgehead atoms. The molecule has 4 heteroatoms. The van der Waals surface area contributed by atoms with Crippen molar-refractivity contribution in [1.29, 1.82) is 0 Å². The molecule has 0 N–H and O–H groups in total. The van der Waals surface area contributed by atoms with Crippen molar-refractivity contribution in [2.45, 2.75) is 6.54 Å². The SMILES string of the molecule is COc1ccc(C(=O)Cn2ccc(=O)cc2)cc1. The van der Waals surface area contributed by atoms with Crippen LogP contribution in [0.5, 0.6) is 5.75 Å². The molecule has 2 aromatic rings. The fourth-order valence-electron chi connectivity index (χ4n) is 1.58. The van der Waals surface area contributed by atoms with E-state index in [4.69, 9.17) is 4.74 Å². The number of Topliss-reactive ketones (excluding diaryl/α,β-unsaturated/α-hetero) is 1. The lowest BCUT2D eigenvalue weighted by atomic mass is 10.1. The third-order valence-electron chi connectivity index (χ3n) is 2.60. The first-order valence-corrected chi connectivity index (χ1v) is 5.52. The van der Waals surface area contributed by atoms with Crippen LogP contribution in [0.15, 0.2) is 53.6 Å². The number of aromatic nitrogens is 1. The Hall–Kier alpha value is -2.36. The maximum Gasteiger partial charge on any atom is 0.182 e. The number of methoxy groups -OCH3 is 1. The van der Waals surface area contributed by atoms with Crippen LogP contribution in [0.1, 0.15) is 10.4 Å². The molecule has 0 radical (unpaired) electrons. The zero-order chi connectivity index (χ0) is 13.0.